The summed E-state index contributed by atoms with van der Waals surface area (Å²) in [7, 11) is 0. The molecule has 0 fully saturated rings. The van der Waals surface area contributed by atoms with Gasteiger partial charge in [0.05, 0.1) is 0 Å². The molecule has 0 amide bonds. The second kappa shape index (κ2) is 15.7. The van der Waals surface area contributed by atoms with Crippen LogP contribution in [0.5, 0.6) is 0 Å². The van der Waals surface area contributed by atoms with Gasteiger partial charge in [-0.2, -0.15) is 0 Å². The van der Waals surface area contributed by atoms with Crippen LogP contribution in [-0.4, -0.2) is 0 Å². The van der Waals surface area contributed by atoms with Gasteiger partial charge >= 0.3 is 0 Å². The van der Waals surface area contributed by atoms with Crippen molar-refractivity contribution in [3.8, 4) is 55.6 Å². The van der Waals surface area contributed by atoms with Gasteiger partial charge in [-0.3, -0.25) is 0 Å². The molecule has 11 aromatic carbocycles. The second-order valence-electron chi connectivity index (χ2n) is 18.0. The van der Waals surface area contributed by atoms with Crippen LogP contribution in [0.25, 0.3) is 115 Å². The van der Waals surface area contributed by atoms with E-state index in [2.05, 4.69) is 255 Å². The van der Waals surface area contributed by atoms with Crippen LogP contribution in [0.15, 0.2) is 255 Å². The summed E-state index contributed by atoms with van der Waals surface area (Å²) in [6.07, 6.45) is 16.2. The molecule has 0 aromatic heterocycles. The van der Waals surface area contributed by atoms with Crippen molar-refractivity contribution >= 4 is 59.4 Å². The zero-order valence-corrected chi connectivity index (χ0v) is 36.4. The smallest absolute Gasteiger partial charge is 0.00567 e. The van der Waals surface area contributed by atoms with Crippen LogP contribution in [0.1, 0.15) is 5.56 Å². The Labute approximate surface area is 385 Å². The molecule has 0 heteroatoms. The van der Waals surface area contributed by atoms with Crippen LogP contribution >= 0.6 is 0 Å². The summed E-state index contributed by atoms with van der Waals surface area (Å²) in [4.78, 5) is 0. The number of allylic oxidation sites excluding steroid dienone is 8. The molecule has 0 aliphatic heterocycles. The molecular weight excluding hydrogens is 793 g/mol. The highest BCUT2D eigenvalue weighted by atomic mass is 14.3. The third-order valence-corrected chi connectivity index (χ3v) is 14.1. The van der Waals surface area contributed by atoms with E-state index in [1.807, 2.05) is 0 Å². The SMILES string of the molecule is C1=CC2C=CC(c3cc(-c4cccc5ccccc45)cc(-c4c5ccccc5c(-c5cc(-c6ccc7ccccc7c6)cc(-c6cccc7ccccc67)c5)c5ccccc45)c3)=CC2C=C1. The summed E-state index contributed by atoms with van der Waals surface area (Å²) in [6.45, 7) is 0. The lowest BCUT2D eigenvalue weighted by molar-refractivity contribution is 0.663. The molecule has 13 rings (SSSR count). The third-order valence-electron chi connectivity index (χ3n) is 14.1. The lowest BCUT2D eigenvalue weighted by Crippen LogP contribution is -2.11. The Morgan fingerprint density at radius 1 is 0.258 bits per heavy atom. The highest BCUT2D eigenvalue weighted by Gasteiger charge is 2.23. The zero-order chi connectivity index (χ0) is 43.6. The summed E-state index contributed by atoms with van der Waals surface area (Å²) < 4.78 is 0. The molecule has 2 aliphatic carbocycles. The van der Waals surface area contributed by atoms with Crippen molar-refractivity contribution in [2.24, 2.45) is 11.8 Å². The highest BCUT2D eigenvalue weighted by molar-refractivity contribution is 6.22. The predicted octanol–water partition coefficient (Wildman–Crippen LogP) is 18.1. The first kappa shape index (κ1) is 38.2. The van der Waals surface area contributed by atoms with E-state index in [1.165, 1.54) is 121 Å². The molecule has 0 saturated heterocycles. The van der Waals surface area contributed by atoms with E-state index in [9.17, 15) is 0 Å². The maximum atomic E-state index is 2.46. The zero-order valence-electron chi connectivity index (χ0n) is 36.4. The first-order valence-corrected chi connectivity index (χ1v) is 23.2. The molecular formula is C66H44. The van der Waals surface area contributed by atoms with Gasteiger partial charge < -0.3 is 0 Å². The summed E-state index contributed by atoms with van der Waals surface area (Å²) in [6, 6.07) is 79.3. The van der Waals surface area contributed by atoms with Crippen molar-refractivity contribution < 1.29 is 0 Å². The quantitative estimate of drug-likeness (QED) is 0.146. The Kier molecular flexibility index (Phi) is 9.10. The predicted molar refractivity (Wildman–Crippen MR) is 284 cm³/mol. The van der Waals surface area contributed by atoms with Crippen molar-refractivity contribution in [2.45, 2.75) is 0 Å². The number of hydrogen-bond acceptors (Lipinski definition) is 0. The van der Waals surface area contributed by atoms with E-state index in [0.29, 0.717) is 11.8 Å². The van der Waals surface area contributed by atoms with Gasteiger partial charge in [0, 0.05) is 11.8 Å². The van der Waals surface area contributed by atoms with E-state index in [1.54, 1.807) is 0 Å². The Hall–Kier alpha value is -8.32. The fourth-order valence-electron chi connectivity index (χ4n) is 10.9. The molecule has 0 bridgehead atoms. The Bertz CT molecular complexity index is 3820. The maximum absolute atomic E-state index is 2.46. The molecule has 2 atom stereocenters. The third kappa shape index (κ3) is 6.53. The van der Waals surface area contributed by atoms with Gasteiger partial charge in [-0.15, -0.1) is 0 Å². The van der Waals surface area contributed by atoms with Crippen molar-refractivity contribution in [2.75, 3.05) is 0 Å². The van der Waals surface area contributed by atoms with Crippen LogP contribution in [0.4, 0.5) is 0 Å². The van der Waals surface area contributed by atoms with Crippen LogP contribution in [-0.2, 0) is 0 Å². The average Bonchev–Trinajstić information content (AvgIpc) is 3.39. The van der Waals surface area contributed by atoms with Gasteiger partial charge in [-0.25, -0.2) is 0 Å². The van der Waals surface area contributed by atoms with Gasteiger partial charge in [0.25, 0.3) is 0 Å². The normalized spacial score (nSPS) is 15.5. The second-order valence-corrected chi connectivity index (χ2v) is 18.0. The monoisotopic (exact) mass is 836 g/mol. The molecule has 11 aromatic rings. The van der Waals surface area contributed by atoms with Crippen molar-refractivity contribution in [3.05, 3.63) is 260 Å². The molecule has 0 radical (unpaired) electrons. The minimum absolute atomic E-state index is 0.338. The molecule has 66 heavy (non-hydrogen) atoms. The number of hydrogen-bond donors (Lipinski definition) is 0. The van der Waals surface area contributed by atoms with Gasteiger partial charge in [0.2, 0.25) is 0 Å². The van der Waals surface area contributed by atoms with E-state index < -0.39 is 0 Å². The van der Waals surface area contributed by atoms with Gasteiger partial charge in [0.1, 0.15) is 0 Å². The van der Waals surface area contributed by atoms with E-state index in [-0.39, 0.29) is 0 Å². The Morgan fingerprint density at radius 3 is 1.29 bits per heavy atom. The number of rotatable bonds is 6. The lowest BCUT2D eigenvalue weighted by atomic mass is 9.80. The van der Waals surface area contributed by atoms with Gasteiger partial charge in [-0.1, -0.05) is 212 Å². The standard InChI is InChI=1S/C66H44/c1-3-19-47-35-49(33-31-43(47)15-1)51-37-53(59-29-13-21-45-17-5-7-23-57(45)59)41-55(39-51)65-61-25-9-11-27-63(61)66(64-28-12-10-26-62(64)65)56-40-52(50-34-32-44-16-2-4-20-48(44)36-50)38-54(42-56)60-30-14-22-46-18-6-8-24-58(46)60/h1-43,47H. The van der Waals surface area contributed by atoms with Gasteiger partial charge in [-0.05, 0) is 163 Å². The van der Waals surface area contributed by atoms with Crippen molar-refractivity contribution in [1.29, 1.82) is 0 Å². The minimum atomic E-state index is 0.338. The van der Waals surface area contributed by atoms with Crippen molar-refractivity contribution in [1.82, 2.24) is 0 Å². The molecule has 0 heterocycles. The van der Waals surface area contributed by atoms with E-state index in [0.717, 1.165) is 0 Å². The van der Waals surface area contributed by atoms with Gasteiger partial charge in [0.15, 0.2) is 0 Å². The fraction of sp³-hybridized carbons (Fsp3) is 0.0303. The lowest BCUT2D eigenvalue weighted by Gasteiger charge is -2.24. The van der Waals surface area contributed by atoms with Crippen LogP contribution < -0.4 is 0 Å². The Morgan fingerprint density at radius 2 is 0.697 bits per heavy atom. The minimum Gasteiger partial charge on any atom is -0.0767 e. The van der Waals surface area contributed by atoms with Crippen LogP contribution in [0.3, 0.4) is 0 Å². The topological polar surface area (TPSA) is 0 Å². The first-order valence-electron chi connectivity index (χ1n) is 23.2. The molecule has 308 valence electrons. The molecule has 0 saturated carbocycles. The molecule has 0 N–H and O–H groups in total. The van der Waals surface area contributed by atoms with E-state index in [4.69, 9.17) is 0 Å². The number of fused-ring (bicyclic) bond motifs is 6. The van der Waals surface area contributed by atoms with Crippen molar-refractivity contribution in [3.63, 3.8) is 0 Å². The van der Waals surface area contributed by atoms with E-state index >= 15 is 0 Å². The molecule has 2 unspecified atom stereocenters. The first-order chi connectivity index (χ1) is 32.7. The molecule has 0 nitrogen and oxygen atoms in total. The Balaban J connectivity index is 1.08. The average molecular weight is 837 g/mol. The summed E-state index contributed by atoms with van der Waals surface area (Å²) in [5.74, 6) is 0.727. The largest absolute Gasteiger partial charge is 0.0767 e. The van der Waals surface area contributed by atoms with Crippen LogP contribution in [0, 0.1) is 11.8 Å². The summed E-state index contributed by atoms with van der Waals surface area (Å²) in [5.41, 5.74) is 14.7. The highest BCUT2D eigenvalue weighted by Crippen LogP contribution is 2.48. The molecule has 2 aliphatic rings. The van der Waals surface area contributed by atoms with Crippen LogP contribution in [0.2, 0.25) is 0 Å². The molecule has 0 spiro atoms. The maximum Gasteiger partial charge on any atom is 0.00567 e. The summed E-state index contributed by atoms with van der Waals surface area (Å²) >= 11 is 0. The summed E-state index contributed by atoms with van der Waals surface area (Å²) in [5, 5.41) is 12.4. The number of benzene rings is 11. The fourth-order valence-corrected chi connectivity index (χ4v) is 10.9.